The van der Waals surface area contributed by atoms with Gasteiger partial charge in [-0.1, -0.05) is 24.3 Å². The molecule has 0 spiro atoms. The molecule has 1 aromatic carbocycles. The number of carbonyl (C=O) groups is 2. The Balaban J connectivity index is 1.83. The minimum absolute atomic E-state index is 0.127. The summed E-state index contributed by atoms with van der Waals surface area (Å²) in [5.74, 6) is -1.79. The zero-order valence-electron chi connectivity index (χ0n) is 14.1. The van der Waals surface area contributed by atoms with Crippen molar-refractivity contribution in [2.45, 2.75) is 31.8 Å². The molecular formula is C17H22N2O5S. The molecule has 2 aliphatic rings. The molecule has 2 atom stereocenters. The Bertz CT molecular complexity index is 792. The topological polar surface area (TPSA) is 95.0 Å². The van der Waals surface area contributed by atoms with E-state index in [1.54, 1.807) is 0 Å². The second-order valence-corrected chi connectivity index (χ2v) is 8.74. The number of amides is 1. The number of carboxylic acid groups (broad SMARTS) is 1. The van der Waals surface area contributed by atoms with E-state index in [9.17, 15) is 23.1 Å². The average Bonchev–Trinajstić information content (AvgIpc) is 2.59. The first-order valence-corrected chi connectivity index (χ1v) is 10.2. The van der Waals surface area contributed by atoms with Gasteiger partial charge in [0.15, 0.2) is 0 Å². The van der Waals surface area contributed by atoms with Gasteiger partial charge < -0.3 is 10.0 Å². The molecule has 2 aliphatic heterocycles. The number of fused-ring (bicyclic) bond motifs is 1. The van der Waals surface area contributed by atoms with Gasteiger partial charge in [-0.2, -0.15) is 0 Å². The molecule has 0 bridgehead atoms. The number of hydrogen-bond donors (Lipinski definition) is 1. The first kappa shape index (κ1) is 17.9. The first-order chi connectivity index (χ1) is 11.8. The van der Waals surface area contributed by atoms with Crippen LogP contribution in [0.3, 0.4) is 0 Å². The minimum Gasteiger partial charge on any atom is -0.480 e. The van der Waals surface area contributed by atoms with Gasteiger partial charge in [0, 0.05) is 26.1 Å². The summed E-state index contributed by atoms with van der Waals surface area (Å²) in [6, 6.07) is 6.61. The van der Waals surface area contributed by atoms with Crippen LogP contribution < -0.4 is 0 Å². The fourth-order valence-corrected chi connectivity index (χ4v) is 4.57. The Morgan fingerprint density at radius 1 is 1.20 bits per heavy atom. The number of carboxylic acids is 1. The third-order valence-corrected chi connectivity index (χ3v) is 6.29. The van der Waals surface area contributed by atoms with Crippen molar-refractivity contribution in [1.82, 2.24) is 9.21 Å². The lowest BCUT2D eigenvalue weighted by molar-refractivity contribution is -0.153. The number of aliphatic carboxylic acids is 1. The Morgan fingerprint density at radius 2 is 1.88 bits per heavy atom. The molecule has 136 valence electrons. The van der Waals surface area contributed by atoms with Crippen molar-refractivity contribution in [3.8, 4) is 0 Å². The van der Waals surface area contributed by atoms with Crippen molar-refractivity contribution >= 4 is 21.9 Å². The summed E-state index contributed by atoms with van der Waals surface area (Å²) in [7, 11) is -3.36. The summed E-state index contributed by atoms with van der Waals surface area (Å²) in [6.07, 6.45) is 2.60. The molecule has 0 aliphatic carbocycles. The molecular weight excluding hydrogens is 344 g/mol. The number of hydrogen-bond acceptors (Lipinski definition) is 4. The van der Waals surface area contributed by atoms with Crippen molar-refractivity contribution in [1.29, 1.82) is 0 Å². The van der Waals surface area contributed by atoms with Crippen molar-refractivity contribution in [3.63, 3.8) is 0 Å². The van der Waals surface area contributed by atoms with Crippen LogP contribution in [0.1, 0.15) is 24.0 Å². The van der Waals surface area contributed by atoms with E-state index in [0.717, 1.165) is 17.4 Å². The van der Waals surface area contributed by atoms with Gasteiger partial charge in [0.2, 0.25) is 15.9 Å². The molecule has 7 nitrogen and oxygen atoms in total. The molecule has 1 aromatic rings. The number of sulfonamides is 1. The van der Waals surface area contributed by atoms with Crippen molar-refractivity contribution in [2.24, 2.45) is 5.92 Å². The van der Waals surface area contributed by atoms with Crippen molar-refractivity contribution in [3.05, 3.63) is 35.4 Å². The normalized spacial score (nSPS) is 24.6. The lowest BCUT2D eigenvalue weighted by Gasteiger charge is -2.39. The van der Waals surface area contributed by atoms with E-state index in [1.807, 2.05) is 24.3 Å². The largest absolute Gasteiger partial charge is 0.480 e. The molecule has 0 saturated carbocycles. The van der Waals surface area contributed by atoms with E-state index in [4.69, 9.17) is 0 Å². The summed E-state index contributed by atoms with van der Waals surface area (Å²) in [5.41, 5.74) is 1.89. The molecule has 1 saturated heterocycles. The van der Waals surface area contributed by atoms with E-state index < -0.39 is 28.0 Å². The third kappa shape index (κ3) is 3.69. The quantitative estimate of drug-likeness (QED) is 0.849. The van der Waals surface area contributed by atoms with Gasteiger partial charge in [-0.05, 0) is 24.0 Å². The summed E-state index contributed by atoms with van der Waals surface area (Å²) in [6.45, 7) is 0.789. The van der Waals surface area contributed by atoms with Gasteiger partial charge in [-0.25, -0.2) is 17.5 Å². The number of carbonyl (C=O) groups excluding carboxylic acids is 1. The van der Waals surface area contributed by atoms with Crippen LogP contribution in [0, 0.1) is 5.92 Å². The van der Waals surface area contributed by atoms with Gasteiger partial charge in [0.25, 0.3) is 0 Å². The van der Waals surface area contributed by atoms with Gasteiger partial charge in [0.1, 0.15) is 6.04 Å². The monoisotopic (exact) mass is 366 g/mol. The summed E-state index contributed by atoms with van der Waals surface area (Å²) in [4.78, 5) is 26.1. The molecule has 0 unspecified atom stereocenters. The summed E-state index contributed by atoms with van der Waals surface area (Å²) >= 11 is 0. The predicted octanol–water partition coefficient (Wildman–Crippen LogP) is 0.696. The Labute approximate surface area is 147 Å². The van der Waals surface area contributed by atoms with Gasteiger partial charge in [-0.3, -0.25) is 4.79 Å². The van der Waals surface area contributed by atoms with Crippen LogP contribution in [0.15, 0.2) is 24.3 Å². The molecule has 2 heterocycles. The molecule has 3 rings (SSSR count). The standard InChI is InChI=1S/C17H22N2O5S/c1-25(23,24)18-8-4-7-14(10-18)16(20)19-11-13-6-3-2-5-12(13)9-15(19)17(21)22/h2-3,5-6,14-15H,4,7-11H2,1H3,(H,21,22)/t14-,15+/m1/s1. The second kappa shape index (κ2) is 6.76. The maximum Gasteiger partial charge on any atom is 0.326 e. The van der Waals surface area contributed by atoms with Crippen LogP contribution in [0.25, 0.3) is 0 Å². The fourth-order valence-electron chi connectivity index (χ4n) is 3.65. The molecule has 1 N–H and O–H groups in total. The molecule has 0 radical (unpaired) electrons. The average molecular weight is 366 g/mol. The van der Waals surface area contributed by atoms with E-state index in [0.29, 0.717) is 19.4 Å². The number of benzene rings is 1. The zero-order valence-corrected chi connectivity index (χ0v) is 14.9. The Hall–Kier alpha value is -1.93. The molecule has 1 amide bonds. The van der Waals surface area contributed by atoms with E-state index in [-0.39, 0.29) is 25.4 Å². The highest BCUT2D eigenvalue weighted by Gasteiger charge is 2.39. The van der Waals surface area contributed by atoms with E-state index in [2.05, 4.69) is 0 Å². The summed E-state index contributed by atoms with van der Waals surface area (Å²) in [5, 5.41) is 9.56. The SMILES string of the molecule is CS(=O)(=O)N1CCC[C@@H](C(=O)N2Cc3ccccc3C[C@H]2C(=O)O)C1. The number of nitrogens with zero attached hydrogens (tertiary/aromatic N) is 2. The van der Waals surface area contributed by atoms with Crippen LogP contribution >= 0.6 is 0 Å². The van der Waals surface area contributed by atoms with Crippen molar-refractivity contribution < 1.29 is 23.1 Å². The molecule has 1 fully saturated rings. The predicted molar refractivity (Wildman–Crippen MR) is 91.3 cm³/mol. The second-order valence-electron chi connectivity index (χ2n) is 6.75. The van der Waals surface area contributed by atoms with E-state index in [1.165, 1.54) is 9.21 Å². The fraction of sp³-hybridized carbons (Fsp3) is 0.529. The molecule has 0 aromatic heterocycles. The minimum atomic E-state index is -3.36. The van der Waals surface area contributed by atoms with Gasteiger partial charge in [-0.15, -0.1) is 0 Å². The van der Waals surface area contributed by atoms with Crippen LogP contribution in [0.5, 0.6) is 0 Å². The van der Waals surface area contributed by atoms with Crippen LogP contribution in [0.4, 0.5) is 0 Å². The summed E-state index contributed by atoms with van der Waals surface area (Å²) < 4.78 is 24.9. The third-order valence-electron chi connectivity index (χ3n) is 5.02. The zero-order chi connectivity index (χ0) is 18.2. The highest BCUT2D eigenvalue weighted by atomic mass is 32.2. The van der Waals surface area contributed by atoms with Crippen LogP contribution in [-0.2, 0) is 32.6 Å². The van der Waals surface area contributed by atoms with Crippen LogP contribution in [-0.4, -0.2) is 60.0 Å². The highest BCUT2D eigenvalue weighted by molar-refractivity contribution is 7.88. The van der Waals surface area contributed by atoms with Crippen molar-refractivity contribution in [2.75, 3.05) is 19.3 Å². The lowest BCUT2D eigenvalue weighted by Crippen LogP contribution is -2.53. The first-order valence-electron chi connectivity index (χ1n) is 8.32. The Kier molecular flexibility index (Phi) is 4.83. The molecule has 25 heavy (non-hydrogen) atoms. The maximum absolute atomic E-state index is 13.0. The van der Waals surface area contributed by atoms with Gasteiger partial charge in [0.05, 0.1) is 12.2 Å². The highest BCUT2D eigenvalue weighted by Crippen LogP contribution is 2.28. The van der Waals surface area contributed by atoms with Crippen LogP contribution in [0.2, 0.25) is 0 Å². The van der Waals surface area contributed by atoms with E-state index >= 15 is 0 Å². The maximum atomic E-state index is 13.0. The smallest absolute Gasteiger partial charge is 0.326 e. The number of piperidine rings is 1. The number of rotatable bonds is 3. The Morgan fingerprint density at radius 3 is 2.52 bits per heavy atom. The van der Waals surface area contributed by atoms with Gasteiger partial charge >= 0.3 is 5.97 Å². The lowest BCUT2D eigenvalue weighted by atomic mass is 9.91. The molecule has 8 heteroatoms.